The van der Waals surface area contributed by atoms with Crippen molar-refractivity contribution >= 4 is 46.7 Å². The van der Waals surface area contributed by atoms with Gasteiger partial charge in [-0.1, -0.05) is 18.2 Å². The Hall–Kier alpha value is -3.00. The number of rotatable bonds is 4. The first-order chi connectivity index (χ1) is 13.9. The average Bonchev–Trinajstić information content (AvgIpc) is 3.20. The Morgan fingerprint density at radius 3 is 2.21 bits per heavy atom. The predicted octanol–water partition coefficient (Wildman–Crippen LogP) is 3.72. The van der Waals surface area contributed by atoms with Crippen molar-refractivity contribution in [2.45, 2.75) is 30.7 Å². The normalized spacial score (nSPS) is 22.9. The summed E-state index contributed by atoms with van der Waals surface area (Å²) in [4.78, 5) is 38.4. The summed E-state index contributed by atoms with van der Waals surface area (Å²) in [6.45, 7) is 2.02. The molecular weight excluding hydrogens is 388 g/mol. The van der Waals surface area contributed by atoms with Crippen molar-refractivity contribution in [2.75, 3.05) is 21.7 Å². The molecule has 2 aliphatic rings. The number of para-hydroxylation sites is 1. The Morgan fingerprint density at radius 2 is 1.55 bits per heavy atom. The summed E-state index contributed by atoms with van der Waals surface area (Å²) in [5.74, 6) is 0.466. The van der Waals surface area contributed by atoms with Crippen LogP contribution in [0, 0.1) is 0 Å². The third-order valence-corrected chi connectivity index (χ3v) is 6.69. The van der Waals surface area contributed by atoms with Crippen LogP contribution in [0.3, 0.4) is 0 Å². The molecule has 2 saturated heterocycles. The van der Waals surface area contributed by atoms with Gasteiger partial charge in [-0.05, 0) is 49.7 Å². The highest BCUT2D eigenvalue weighted by atomic mass is 32.2. The zero-order valence-electron chi connectivity index (χ0n) is 16.0. The molecule has 2 aliphatic heterocycles. The van der Waals surface area contributed by atoms with E-state index in [2.05, 4.69) is 16.0 Å². The van der Waals surface area contributed by atoms with Gasteiger partial charge in [-0.3, -0.25) is 9.59 Å². The molecule has 0 spiro atoms. The van der Waals surface area contributed by atoms with E-state index < -0.39 is 6.04 Å². The van der Waals surface area contributed by atoms with Gasteiger partial charge in [-0.15, -0.1) is 11.8 Å². The Morgan fingerprint density at radius 1 is 0.966 bits per heavy atom. The van der Waals surface area contributed by atoms with Gasteiger partial charge in [0.2, 0.25) is 11.8 Å². The zero-order chi connectivity index (χ0) is 20.4. The largest absolute Gasteiger partial charge is 0.324 e. The summed E-state index contributed by atoms with van der Waals surface area (Å²) in [5, 5.41) is 8.37. The number of thioether (sulfide) groups is 1. The van der Waals surface area contributed by atoms with Crippen LogP contribution in [0.2, 0.25) is 0 Å². The van der Waals surface area contributed by atoms with Crippen molar-refractivity contribution < 1.29 is 14.4 Å². The van der Waals surface area contributed by atoms with E-state index in [0.717, 1.165) is 6.42 Å². The number of carbonyl (C=O) groups excluding carboxylic acids is 3. The maximum Gasteiger partial charge on any atom is 0.323 e. The molecule has 29 heavy (non-hydrogen) atoms. The van der Waals surface area contributed by atoms with Gasteiger partial charge in [0.1, 0.15) is 6.04 Å². The number of nitrogens with zero attached hydrogens (tertiary/aromatic N) is 1. The fraction of sp³-hybridized carbons (Fsp3) is 0.286. The predicted molar refractivity (Wildman–Crippen MR) is 115 cm³/mol. The summed E-state index contributed by atoms with van der Waals surface area (Å²) in [5.41, 5.74) is 1.93. The van der Waals surface area contributed by atoms with Crippen molar-refractivity contribution in [3.63, 3.8) is 0 Å². The highest BCUT2D eigenvalue weighted by Gasteiger charge is 2.52. The lowest BCUT2D eigenvalue weighted by molar-refractivity contribution is -0.135. The number of fused-ring (bicyclic) bond motifs is 1. The number of urea groups is 1. The standard InChI is InChI=1S/C21H22N4O3S/c1-21-12-11-18(26)25(21)17(13-29-21)19(27)22-15-7-9-16(10-8-15)24-20(28)23-14-5-3-2-4-6-14/h2-10,17H,11-13H2,1H3,(H,22,27)(H2,23,24,28)/t17-,21+/m1/s1. The molecule has 2 aromatic rings. The summed E-state index contributed by atoms with van der Waals surface area (Å²) >= 11 is 1.67. The van der Waals surface area contributed by atoms with Gasteiger partial charge in [-0.25, -0.2) is 4.79 Å². The van der Waals surface area contributed by atoms with E-state index in [1.165, 1.54) is 0 Å². The van der Waals surface area contributed by atoms with E-state index in [0.29, 0.717) is 29.2 Å². The van der Waals surface area contributed by atoms with Gasteiger partial charge in [0, 0.05) is 29.2 Å². The van der Waals surface area contributed by atoms with Gasteiger partial charge >= 0.3 is 6.03 Å². The second-order valence-electron chi connectivity index (χ2n) is 7.28. The minimum atomic E-state index is -0.450. The first-order valence-corrected chi connectivity index (χ1v) is 10.4. The first kappa shape index (κ1) is 19.3. The number of amides is 4. The molecule has 0 aromatic heterocycles. The van der Waals surface area contributed by atoms with Crippen molar-refractivity contribution in [2.24, 2.45) is 0 Å². The maximum absolute atomic E-state index is 12.7. The molecule has 2 heterocycles. The fourth-order valence-corrected chi connectivity index (χ4v) is 5.12. The lowest BCUT2D eigenvalue weighted by Gasteiger charge is -2.29. The van der Waals surface area contributed by atoms with Crippen LogP contribution >= 0.6 is 11.8 Å². The number of hydrogen-bond donors (Lipinski definition) is 3. The molecule has 0 aliphatic carbocycles. The Kier molecular flexibility index (Phi) is 5.19. The molecule has 0 unspecified atom stereocenters. The minimum absolute atomic E-state index is 0.0432. The first-order valence-electron chi connectivity index (χ1n) is 9.45. The van der Waals surface area contributed by atoms with Crippen LogP contribution in [0.15, 0.2) is 54.6 Å². The van der Waals surface area contributed by atoms with Gasteiger partial charge in [0.25, 0.3) is 0 Å². The number of nitrogens with one attached hydrogen (secondary N) is 3. The van der Waals surface area contributed by atoms with Gasteiger partial charge in [0.15, 0.2) is 0 Å². The highest BCUT2D eigenvalue weighted by molar-refractivity contribution is 8.01. The van der Waals surface area contributed by atoms with Gasteiger partial charge in [-0.2, -0.15) is 0 Å². The lowest BCUT2D eigenvalue weighted by Crippen LogP contribution is -2.48. The molecule has 3 N–H and O–H groups in total. The number of benzene rings is 2. The number of hydrogen-bond acceptors (Lipinski definition) is 4. The van der Waals surface area contributed by atoms with Crippen molar-refractivity contribution in [3.05, 3.63) is 54.6 Å². The number of carbonyl (C=O) groups is 3. The monoisotopic (exact) mass is 410 g/mol. The SMILES string of the molecule is C[C@]12CCC(=O)N1[C@@H](C(=O)Nc1ccc(NC(=O)Nc3ccccc3)cc1)CS2. The van der Waals surface area contributed by atoms with Crippen LogP contribution in [0.5, 0.6) is 0 Å². The van der Waals surface area contributed by atoms with E-state index in [1.807, 2.05) is 25.1 Å². The number of anilines is 3. The summed E-state index contributed by atoms with van der Waals surface area (Å²) < 4.78 is 0. The van der Waals surface area contributed by atoms with Gasteiger partial charge < -0.3 is 20.9 Å². The van der Waals surface area contributed by atoms with Crippen LogP contribution < -0.4 is 16.0 Å². The highest BCUT2D eigenvalue weighted by Crippen LogP contribution is 2.47. The second kappa shape index (κ2) is 7.79. The van der Waals surface area contributed by atoms with E-state index in [4.69, 9.17) is 0 Å². The molecule has 0 saturated carbocycles. The summed E-state index contributed by atoms with van der Waals surface area (Å²) in [7, 11) is 0. The minimum Gasteiger partial charge on any atom is -0.324 e. The van der Waals surface area contributed by atoms with E-state index in [-0.39, 0.29) is 22.7 Å². The van der Waals surface area contributed by atoms with Crippen molar-refractivity contribution in [3.8, 4) is 0 Å². The Bertz CT molecular complexity index is 935. The molecule has 0 bridgehead atoms. The van der Waals surface area contributed by atoms with Crippen LogP contribution in [0.25, 0.3) is 0 Å². The molecule has 4 rings (SSSR count). The third kappa shape index (κ3) is 4.07. The lowest BCUT2D eigenvalue weighted by atomic mass is 10.2. The van der Waals surface area contributed by atoms with Crippen LogP contribution in [-0.4, -0.2) is 39.4 Å². The van der Waals surface area contributed by atoms with Crippen molar-refractivity contribution in [1.29, 1.82) is 0 Å². The molecule has 8 heteroatoms. The van der Waals surface area contributed by atoms with Crippen molar-refractivity contribution in [1.82, 2.24) is 4.90 Å². The third-order valence-electron chi connectivity index (χ3n) is 5.19. The summed E-state index contributed by atoms with van der Waals surface area (Å²) in [6.07, 6.45) is 1.28. The smallest absolute Gasteiger partial charge is 0.323 e. The van der Waals surface area contributed by atoms with Crippen LogP contribution in [0.1, 0.15) is 19.8 Å². The fourth-order valence-electron chi connectivity index (χ4n) is 3.69. The Labute approximate surface area is 173 Å². The van der Waals surface area contributed by atoms with E-state index >= 15 is 0 Å². The molecule has 150 valence electrons. The second-order valence-corrected chi connectivity index (χ2v) is 8.78. The van der Waals surface area contributed by atoms with E-state index in [1.54, 1.807) is 53.1 Å². The molecule has 4 amide bonds. The molecular formula is C21H22N4O3S. The topological polar surface area (TPSA) is 90.5 Å². The van der Waals surface area contributed by atoms with Crippen LogP contribution in [-0.2, 0) is 9.59 Å². The quantitative estimate of drug-likeness (QED) is 0.716. The van der Waals surface area contributed by atoms with Gasteiger partial charge in [0.05, 0.1) is 4.87 Å². The van der Waals surface area contributed by atoms with Crippen LogP contribution in [0.4, 0.5) is 21.9 Å². The average molecular weight is 410 g/mol. The van der Waals surface area contributed by atoms with E-state index in [9.17, 15) is 14.4 Å². The maximum atomic E-state index is 12.7. The zero-order valence-corrected chi connectivity index (χ0v) is 16.8. The molecule has 0 radical (unpaired) electrons. The molecule has 2 fully saturated rings. The molecule has 7 nitrogen and oxygen atoms in total. The molecule has 2 atom stereocenters. The molecule has 2 aromatic carbocycles. The Balaban J connectivity index is 1.34. The summed E-state index contributed by atoms with van der Waals surface area (Å²) in [6, 6.07) is 15.3.